The zero-order valence-electron chi connectivity index (χ0n) is 15.1. The van der Waals surface area contributed by atoms with Gasteiger partial charge >= 0.3 is 6.09 Å². The van der Waals surface area contributed by atoms with Gasteiger partial charge in [-0.15, -0.1) is 0 Å². The lowest BCUT2D eigenvalue weighted by molar-refractivity contribution is -0.136. The van der Waals surface area contributed by atoms with Gasteiger partial charge in [-0.25, -0.2) is 9.18 Å². The summed E-state index contributed by atoms with van der Waals surface area (Å²) in [6, 6.07) is 2.17. The SMILES string of the molecule is O=C1CCC(N2Cc3cc(C4CCN(C(=O)O)CC4)c(F)cc3C2=O)C(=O)N1. The highest BCUT2D eigenvalue weighted by atomic mass is 19.1. The second kappa shape index (κ2) is 6.88. The van der Waals surface area contributed by atoms with Gasteiger partial charge in [0.1, 0.15) is 11.9 Å². The predicted octanol–water partition coefficient (Wildman–Crippen LogP) is 1.44. The molecule has 1 unspecified atom stereocenters. The molecule has 0 radical (unpaired) electrons. The normalized spacial score (nSPS) is 23.0. The number of halogens is 1. The summed E-state index contributed by atoms with van der Waals surface area (Å²) in [5.41, 5.74) is 1.39. The number of hydrogen-bond donors (Lipinski definition) is 2. The molecule has 8 nitrogen and oxygen atoms in total. The van der Waals surface area contributed by atoms with E-state index in [0.717, 1.165) is 0 Å². The molecule has 2 fully saturated rings. The Kier molecular flexibility index (Phi) is 4.52. The molecule has 3 heterocycles. The largest absolute Gasteiger partial charge is 0.465 e. The first-order chi connectivity index (χ1) is 13.3. The summed E-state index contributed by atoms with van der Waals surface area (Å²) < 4.78 is 14.7. The van der Waals surface area contributed by atoms with E-state index in [9.17, 15) is 23.6 Å². The van der Waals surface area contributed by atoms with Crippen molar-refractivity contribution >= 4 is 23.8 Å². The first-order valence-corrected chi connectivity index (χ1v) is 9.30. The summed E-state index contributed by atoms with van der Waals surface area (Å²) in [6.45, 7) is 0.886. The van der Waals surface area contributed by atoms with Crippen LogP contribution < -0.4 is 5.32 Å². The second-order valence-electron chi connectivity index (χ2n) is 7.47. The van der Waals surface area contributed by atoms with Gasteiger partial charge in [0, 0.05) is 31.6 Å². The van der Waals surface area contributed by atoms with E-state index in [1.807, 2.05) is 0 Å². The molecule has 148 valence electrons. The maximum atomic E-state index is 14.7. The van der Waals surface area contributed by atoms with Gasteiger partial charge in [-0.05, 0) is 42.4 Å². The van der Waals surface area contributed by atoms with E-state index in [1.54, 1.807) is 6.07 Å². The van der Waals surface area contributed by atoms with Crippen molar-refractivity contribution in [3.63, 3.8) is 0 Å². The fourth-order valence-corrected chi connectivity index (χ4v) is 4.30. The van der Waals surface area contributed by atoms with Crippen molar-refractivity contribution in [1.82, 2.24) is 15.1 Å². The molecule has 9 heteroatoms. The Balaban J connectivity index is 1.54. The van der Waals surface area contributed by atoms with Crippen molar-refractivity contribution in [2.24, 2.45) is 0 Å². The van der Waals surface area contributed by atoms with E-state index in [4.69, 9.17) is 5.11 Å². The fraction of sp³-hybridized carbons (Fsp3) is 0.474. The second-order valence-corrected chi connectivity index (χ2v) is 7.47. The first kappa shape index (κ1) is 18.4. The quantitative estimate of drug-likeness (QED) is 0.745. The summed E-state index contributed by atoms with van der Waals surface area (Å²) in [7, 11) is 0. The number of carboxylic acid groups (broad SMARTS) is 1. The van der Waals surface area contributed by atoms with Crippen LogP contribution in [0.2, 0.25) is 0 Å². The Hall–Kier alpha value is -2.97. The number of carbonyl (C=O) groups is 4. The number of piperidine rings is 2. The highest BCUT2D eigenvalue weighted by Crippen LogP contribution is 2.35. The predicted molar refractivity (Wildman–Crippen MR) is 94.0 cm³/mol. The number of imide groups is 1. The number of benzene rings is 1. The number of amides is 4. The summed E-state index contributed by atoms with van der Waals surface area (Å²) >= 11 is 0. The van der Waals surface area contributed by atoms with Crippen molar-refractivity contribution in [3.05, 3.63) is 34.6 Å². The molecule has 3 aliphatic rings. The molecular weight excluding hydrogens is 369 g/mol. The molecule has 4 rings (SSSR count). The number of nitrogens with one attached hydrogen (secondary N) is 1. The number of fused-ring (bicyclic) bond motifs is 1. The molecule has 0 aliphatic carbocycles. The van der Waals surface area contributed by atoms with Crippen LogP contribution in [0.25, 0.3) is 0 Å². The maximum absolute atomic E-state index is 14.7. The zero-order valence-corrected chi connectivity index (χ0v) is 15.1. The molecule has 3 aliphatic heterocycles. The average molecular weight is 389 g/mol. The minimum Gasteiger partial charge on any atom is -0.465 e. The van der Waals surface area contributed by atoms with E-state index in [2.05, 4.69) is 5.32 Å². The Morgan fingerprint density at radius 1 is 1.14 bits per heavy atom. The van der Waals surface area contributed by atoms with Crippen molar-refractivity contribution in [3.8, 4) is 0 Å². The topological polar surface area (TPSA) is 107 Å². The number of hydrogen-bond acceptors (Lipinski definition) is 4. The Morgan fingerprint density at radius 3 is 2.50 bits per heavy atom. The molecule has 2 N–H and O–H groups in total. The number of carbonyl (C=O) groups excluding carboxylic acids is 3. The molecular formula is C19H20FN3O5. The van der Waals surface area contributed by atoms with Crippen LogP contribution in [0.3, 0.4) is 0 Å². The van der Waals surface area contributed by atoms with Crippen LogP contribution in [0.5, 0.6) is 0 Å². The number of rotatable bonds is 2. The molecule has 1 aromatic rings. The van der Waals surface area contributed by atoms with Crippen LogP contribution in [0.15, 0.2) is 12.1 Å². The summed E-state index contributed by atoms with van der Waals surface area (Å²) in [5.74, 6) is -1.85. The van der Waals surface area contributed by atoms with Crippen molar-refractivity contribution in [1.29, 1.82) is 0 Å². The minimum absolute atomic E-state index is 0.111. The number of nitrogens with zero attached hydrogens (tertiary/aromatic N) is 2. The standard InChI is InChI=1S/C19H20FN3O5/c20-14-8-13-11(7-12(14)10-3-5-22(6-4-10)19(27)28)9-23(18(13)26)15-1-2-16(24)21-17(15)25/h7-8,10,15H,1-6,9H2,(H,27,28)(H,21,24,25). The summed E-state index contributed by atoms with van der Waals surface area (Å²) in [6.07, 6.45) is 0.490. The van der Waals surface area contributed by atoms with Crippen LogP contribution in [-0.4, -0.2) is 57.9 Å². The first-order valence-electron chi connectivity index (χ1n) is 9.30. The summed E-state index contributed by atoms with van der Waals surface area (Å²) in [4.78, 5) is 49.9. The third kappa shape index (κ3) is 3.10. The van der Waals surface area contributed by atoms with Gasteiger partial charge in [0.15, 0.2) is 0 Å². The Labute approximate surface area is 160 Å². The van der Waals surface area contributed by atoms with Crippen LogP contribution in [0.4, 0.5) is 9.18 Å². The lowest BCUT2D eigenvalue weighted by atomic mass is 9.87. The van der Waals surface area contributed by atoms with Gasteiger partial charge in [-0.1, -0.05) is 6.07 Å². The van der Waals surface area contributed by atoms with Gasteiger partial charge in [0.05, 0.1) is 0 Å². The molecule has 0 saturated carbocycles. The van der Waals surface area contributed by atoms with E-state index < -0.39 is 29.8 Å². The summed E-state index contributed by atoms with van der Waals surface area (Å²) in [5, 5.41) is 11.3. The van der Waals surface area contributed by atoms with Crippen LogP contribution in [-0.2, 0) is 16.1 Å². The van der Waals surface area contributed by atoms with Crippen LogP contribution in [0.1, 0.15) is 53.1 Å². The van der Waals surface area contributed by atoms with Gasteiger partial charge in [-0.2, -0.15) is 0 Å². The lowest BCUT2D eigenvalue weighted by Crippen LogP contribution is -2.52. The Bertz CT molecular complexity index is 879. The van der Waals surface area contributed by atoms with E-state index in [0.29, 0.717) is 37.1 Å². The maximum Gasteiger partial charge on any atom is 0.407 e. The van der Waals surface area contributed by atoms with Crippen molar-refractivity contribution in [2.75, 3.05) is 13.1 Å². The smallest absolute Gasteiger partial charge is 0.407 e. The zero-order chi connectivity index (χ0) is 20.0. The van der Waals surface area contributed by atoms with Gasteiger partial charge in [-0.3, -0.25) is 19.7 Å². The molecule has 0 bridgehead atoms. The fourth-order valence-electron chi connectivity index (χ4n) is 4.30. The van der Waals surface area contributed by atoms with E-state index >= 15 is 0 Å². The van der Waals surface area contributed by atoms with E-state index in [-0.39, 0.29) is 36.8 Å². The van der Waals surface area contributed by atoms with Crippen molar-refractivity contribution in [2.45, 2.75) is 44.2 Å². The monoisotopic (exact) mass is 389 g/mol. The molecule has 1 atom stereocenters. The molecule has 2 saturated heterocycles. The highest BCUT2D eigenvalue weighted by molar-refractivity contribution is 6.05. The van der Waals surface area contributed by atoms with Gasteiger partial charge < -0.3 is 14.9 Å². The van der Waals surface area contributed by atoms with E-state index in [1.165, 1.54) is 15.9 Å². The van der Waals surface area contributed by atoms with Crippen LogP contribution in [0, 0.1) is 5.82 Å². The molecule has 0 aromatic heterocycles. The van der Waals surface area contributed by atoms with Crippen molar-refractivity contribution < 1.29 is 28.7 Å². The third-order valence-electron chi connectivity index (χ3n) is 5.85. The Morgan fingerprint density at radius 2 is 1.86 bits per heavy atom. The van der Waals surface area contributed by atoms with Crippen LogP contribution >= 0.6 is 0 Å². The lowest BCUT2D eigenvalue weighted by Gasteiger charge is -2.30. The van der Waals surface area contributed by atoms with Gasteiger partial charge in [0.2, 0.25) is 11.8 Å². The molecule has 4 amide bonds. The number of likely N-dealkylation sites (tertiary alicyclic amines) is 1. The average Bonchev–Trinajstić information content (AvgIpc) is 2.97. The highest BCUT2D eigenvalue weighted by Gasteiger charge is 2.40. The molecule has 1 aromatic carbocycles. The third-order valence-corrected chi connectivity index (χ3v) is 5.85. The molecule has 28 heavy (non-hydrogen) atoms. The minimum atomic E-state index is -0.974. The molecule has 0 spiro atoms. The van der Waals surface area contributed by atoms with Gasteiger partial charge in [0.25, 0.3) is 5.91 Å².